The van der Waals surface area contributed by atoms with Crippen molar-refractivity contribution in [2.24, 2.45) is 5.73 Å². The molecule has 2 heterocycles. The molecule has 1 aliphatic rings. The third-order valence-electron chi connectivity index (χ3n) is 4.46. The van der Waals surface area contributed by atoms with Crippen molar-refractivity contribution in [2.75, 3.05) is 19.6 Å². The summed E-state index contributed by atoms with van der Waals surface area (Å²) in [6, 6.07) is 12.7. The van der Waals surface area contributed by atoms with Crippen LogP contribution in [0.15, 0.2) is 42.5 Å². The van der Waals surface area contributed by atoms with E-state index in [4.69, 9.17) is 10.7 Å². The second-order valence-electron chi connectivity index (χ2n) is 6.36. The molecule has 24 heavy (non-hydrogen) atoms. The molecule has 1 amide bonds. The molecule has 0 radical (unpaired) electrons. The van der Waals surface area contributed by atoms with Crippen LogP contribution in [0.5, 0.6) is 0 Å². The number of benzene rings is 1. The average molecular weight is 327 g/mol. The number of carbonyl (C=O) groups is 1. The van der Waals surface area contributed by atoms with Gasteiger partial charge in [-0.25, -0.2) is 4.39 Å². The number of likely N-dealkylation sites (tertiary alicyclic amines) is 1. The highest BCUT2D eigenvalue weighted by molar-refractivity contribution is 5.75. The van der Waals surface area contributed by atoms with E-state index in [0.29, 0.717) is 24.4 Å². The molecule has 3 rings (SSSR count). The van der Waals surface area contributed by atoms with Crippen molar-refractivity contribution in [3.05, 3.63) is 65.2 Å². The number of pyridine rings is 1. The maximum Gasteiger partial charge on any atom is 0.231 e. The Bertz CT molecular complexity index is 719. The molecule has 1 aromatic heterocycles. The van der Waals surface area contributed by atoms with Gasteiger partial charge < -0.3 is 5.73 Å². The van der Waals surface area contributed by atoms with Gasteiger partial charge in [0.1, 0.15) is 5.82 Å². The summed E-state index contributed by atoms with van der Waals surface area (Å²) >= 11 is 0. The van der Waals surface area contributed by atoms with Crippen LogP contribution in [0.25, 0.3) is 0 Å². The Kier molecular flexibility index (Phi) is 5.20. The van der Waals surface area contributed by atoms with Crippen molar-refractivity contribution >= 4 is 5.91 Å². The fraction of sp³-hybridized carbons (Fsp3) is 0.368. The van der Waals surface area contributed by atoms with Crippen molar-refractivity contribution in [1.29, 1.82) is 0 Å². The van der Waals surface area contributed by atoms with Crippen LogP contribution in [-0.4, -0.2) is 35.4 Å². The normalized spacial score (nSPS) is 18.5. The lowest BCUT2D eigenvalue weighted by molar-refractivity contribution is -0.119. The number of aromatic nitrogens is 1. The lowest BCUT2D eigenvalue weighted by Gasteiger charge is -2.31. The Balaban J connectivity index is 1.73. The molecule has 126 valence electrons. The summed E-state index contributed by atoms with van der Waals surface area (Å²) in [6.07, 6.45) is 2.56. The van der Waals surface area contributed by atoms with Crippen LogP contribution in [0.3, 0.4) is 0 Å². The van der Waals surface area contributed by atoms with Gasteiger partial charge in [0, 0.05) is 30.3 Å². The molecule has 1 aliphatic heterocycles. The molecule has 0 bridgehead atoms. The molecule has 1 atom stereocenters. The van der Waals surface area contributed by atoms with E-state index in [-0.39, 0.29) is 11.7 Å². The second kappa shape index (κ2) is 7.53. The van der Waals surface area contributed by atoms with E-state index in [2.05, 4.69) is 4.90 Å². The Morgan fingerprint density at radius 1 is 1.25 bits per heavy atom. The first-order valence-corrected chi connectivity index (χ1v) is 8.31. The van der Waals surface area contributed by atoms with Gasteiger partial charge in [0.2, 0.25) is 5.91 Å². The largest absolute Gasteiger partial charge is 0.369 e. The van der Waals surface area contributed by atoms with Crippen LogP contribution < -0.4 is 5.73 Å². The van der Waals surface area contributed by atoms with Gasteiger partial charge in [-0.15, -0.1) is 0 Å². The third-order valence-corrected chi connectivity index (χ3v) is 4.46. The van der Waals surface area contributed by atoms with Gasteiger partial charge in [0.25, 0.3) is 0 Å². The summed E-state index contributed by atoms with van der Waals surface area (Å²) < 4.78 is 13.8. The maximum absolute atomic E-state index is 13.8. The summed E-state index contributed by atoms with van der Waals surface area (Å²) in [5.74, 6) is -0.203. The number of rotatable bonds is 5. The zero-order chi connectivity index (χ0) is 16.9. The van der Waals surface area contributed by atoms with E-state index in [1.807, 2.05) is 24.3 Å². The quantitative estimate of drug-likeness (QED) is 0.918. The average Bonchev–Trinajstić information content (AvgIpc) is 2.57. The highest BCUT2D eigenvalue weighted by Crippen LogP contribution is 2.26. The monoisotopic (exact) mass is 327 g/mol. The molecule has 5 heteroatoms. The first-order chi connectivity index (χ1) is 11.6. The SMILES string of the molecule is NC(=O)CN1CCC[C@H](c2cccc(Cc3ccccc3F)n2)C1. The Morgan fingerprint density at radius 2 is 2.08 bits per heavy atom. The van der Waals surface area contributed by atoms with Crippen molar-refractivity contribution < 1.29 is 9.18 Å². The second-order valence-corrected chi connectivity index (χ2v) is 6.36. The molecule has 4 nitrogen and oxygen atoms in total. The highest BCUT2D eigenvalue weighted by Gasteiger charge is 2.23. The molecular weight excluding hydrogens is 305 g/mol. The van der Waals surface area contributed by atoms with Crippen molar-refractivity contribution in [3.63, 3.8) is 0 Å². The van der Waals surface area contributed by atoms with Crippen molar-refractivity contribution in [2.45, 2.75) is 25.2 Å². The topological polar surface area (TPSA) is 59.2 Å². The molecule has 2 aromatic rings. The summed E-state index contributed by atoms with van der Waals surface area (Å²) in [5.41, 5.74) is 7.83. The zero-order valence-electron chi connectivity index (χ0n) is 13.6. The predicted octanol–water partition coefficient (Wildman–Crippen LogP) is 2.48. The van der Waals surface area contributed by atoms with E-state index < -0.39 is 0 Å². The molecule has 0 aliphatic carbocycles. The number of piperidine rings is 1. The maximum atomic E-state index is 13.8. The number of halogens is 1. The van der Waals surface area contributed by atoms with Crippen molar-refractivity contribution in [1.82, 2.24) is 9.88 Å². The Labute approximate surface area is 141 Å². The number of primary amides is 1. The zero-order valence-corrected chi connectivity index (χ0v) is 13.6. The van der Waals surface area contributed by atoms with Gasteiger partial charge in [-0.2, -0.15) is 0 Å². The molecule has 0 spiro atoms. The van der Waals surface area contributed by atoms with Crippen LogP contribution >= 0.6 is 0 Å². The molecular formula is C19H22FN3O. The van der Waals surface area contributed by atoms with E-state index >= 15 is 0 Å². The molecule has 1 saturated heterocycles. The molecule has 1 aromatic carbocycles. The predicted molar refractivity (Wildman–Crippen MR) is 91.1 cm³/mol. The van der Waals surface area contributed by atoms with E-state index in [1.165, 1.54) is 6.07 Å². The number of nitrogens with zero attached hydrogens (tertiary/aromatic N) is 2. The van der Waals surface area contributed by atoms with Crippen LogP contribution in [0.4, 0.5) is 4.39 Å². The van der Waals surface area contributed by atoms with Crippen LogP contribution in [0, 0.1) is 5.82 Å². The number of nitrogens with two attached hydrogens (primary N) is 1. The van der Waals surface area contributed by atoms with Gasteiger partial charge in [-0.1, -0.05) is 24.3 Å². The number of hydrogen-bond acceptors (Lipinski definition) is 3. The fourth-order valence-corrected chi connectivity index (χ4v) is 3.32. The highest BCUT2D eigenvalue weighted by atomic mass is 19.1. The van der Waals surface area contributed by atoms with E-state index in [1.54, 1.807) is 12.1 Å². The number of hydrogen-bond donors (Lipinski definition) is 1. The summed E-state index contributed by atoms with van der Waals surface area (Å²) in [4.78, 5) is 18.0. The standard InChI is InChI=1S/C19H22FN3O/c20-17-8-2-1-5-14(17)11-16-7-3-9-18(22-16)15-6-4-10-23(12-15)13-19(21)24/h1-3,5,7-9,15H,4,6,10-13H2,(H2,21,24)/t15-/m0/s1. The fourth-order valence-electron chi connectivity index (χ4n) is 3.32. The molecule has 2 N–H and O–H groups in total. The Hall–Kier alpha value is -2.27. The van der Waals surface area contributed by atoms with Gasteiger partial charge in [0.05, 0.1) is 6.54 Å². The van der Waals surface area contributed by atoms with Crippen LogP contribution in [0.1, 0.15) is 35.7 Å². The van der Waals surface area contributed by atoms with Gasteiger partial charge in [0.15, 0.2) is 0 Å². The van der Waals surface area contributed by atoms with Gasteiger partial charge in [-0.3, -0.25) is 14.7 Å². The minimum Gasteiger partial charge on any atom is -0.369 e. The molecule has 0 unspecified atom stereocenters. The Morgan fingerprint density at radius 3 is 2.88 bits per heavy atom. The molecule has 1 fully saturated rings. The van der Waals surface area contributed by atoms with E-state index in [9.17, 15) is 9.18 Å². The summed E-state index contributed by atoms with van der Waals surface area (Å²) in [7, 11) is 0. The van der Waals surface area contributed by atoms with Gasteiger partial charge >= 0.3 is 0 Å². The van der Waals surface area contributed by atoms with Crippen LogP contribution in [-0.2, 0) is 11.2 Å². The van der Waals surface area contributed by atoms with Gasteiger partial charge in [-0.05, 0) is 43.1 Å². The lowest BCUT2D eigenvalue weighted by atomic mass is 9.94. The summed E-state index contributed by atoms with van der Waals surface area (Å²) in [5, 5.41) is 0. The first-order valence-electron chi connectivity index (χ1n) is 8.31. The smallest absolute Gasteiger partial charge is 0.231 e. The summed E-state index contributed by atoms with van der Waals surface area (Å²) in [6.45, 7) is 1.98. The number of carbonyl (C=O) groups excluding carboxylic acids is 1. The first kappa shape index (κ1) is 16.6. The van der Waals surface area contributed by atoms with E-state index in [0.717, 1.165) is 37.3 Å². The van der Waals surface area contributed by atoms with Crippen molar-refractivity contribution in [3.8, 4) is 0 Å². The molecule has 0 saturated carbocycles. The van der Waals surface area contributed by atoms with Crippen LogP contribution in [0.2, 0.25) is 0 Å². The lowest BCUT2D eigenvalue weighted by Crippen LogP contribution is -2.40. The number of amides is 1. The minimum atomic E-state index is -0.295. The minimum absolute atomic E-state index is 0.199. The third kappa shape index (κ3) is 4.17.